The van der Waals surface area contributed by atoms with Crippen LogP contribution in [0.4, 0.5) is 5.69 Å². The summed E-state index contributed by atoms with van der Waals surface area (Å²) in [5.74, 6) is 1.83. The van der Waals surface area contributed by atoms with Gasteiger partial charge in [-0.3, -0.25) is 0 Å². The maximum Gasteiger partial charge on any atom is 0.229 e. The smallest absolute Gasteiger partial charge is 0.229 e. The largest absolute Gasteiger partial charge is 0.438 e. The Hall–Kier alpha value is -2.91. The molecule has 1 heterocycles. The van der Waals surface area contributed by atoms with Crippen LogP contribution in [0.15, 0.2) is 88.8 Å². The Kier molecular flexibility index (Phi) is 3.85. The van der Waals surface area contributed by atoms with Crippen molar-refractivity contribution >= 4 is 29.0 Å². The number of hydrogen-bond acceptors (Lipinski definition) is 2. The highest BCUT2D eigenvalue weighted by Crippen LogP contribution is 2.25. The molecule has 24 heavy (non-hydrogen) atoms. The summed E-state index contributed by atoms with van der Waals surface area (Å²) in [6.07, 6.45) is 0. The van der Waals surface area contributed by atoms with E-state index < -0.39 is 0 Å². The number of benzene rings is 3. The summed E-state index contributed by atoms with van der Waals surface area (Å²) in [4.78, 5) is 9.21. The second-order valence-electron chi connectivity index (χ2n) is 5.29. The van der Waals surface area contributed by atoms with Crippen molar-refractivity contribution in [3.05, 3.63) is 95.0 Å². The molecule has 0 aromatic heterocycles. The standard InChI is InChI=1S/C20H13ClN2O/c21-14-7-6-10-16(13-14)24-20-18-12-5-4-11-17(18)19(23-20)22-15-8-2-1-3-9-15/h1-13H. The Morgan fingerprint density at radius 3 is 2.33 bits per heavy atom. The summed E-state index contributed by atoms with van der Waals surface area (Å²) < 4.78 is 5.94. The van der Waals surface area contributed by atoms with Crippen molar-refractivity contribution in [3.8, 4) is 5.75 Å². The van der Waals surface area contributed by atoms with Crippen LogP contribution < -0.4 is 4.74 Å². The molecule has 1 aliphatic rings. The van der Waals surface area contributed by atoms with Gasteiger partial charge in [0.05, 0.1) is 5.69 Å². The molecule has 3 aromatic rings. The molecule has 0 saturated heterocycles. The topological polar surface area (TPSA) is 34.0 Å². The zero-order chi connectivity index (χ0) is 16.4. The second kappa shape index (κ2) is 6.30. The minimum atomic E-state index is 0.530. The average Bonchev–Trinajstić information content (AvgIpc) is 2.94. The molecule has 116 valence electrons. The first kappa shape index (κ1) is 14.7. The molecule has 1 aliphatic heterocycles. The molecule has 4 heteroatoms. The molecule has 0 aliphatic carbocycles. The maximum atomic E-state index is 6.02. The van der Waals surface area contributed by atoms with Crippen LogP contribution in [0.1, 0.15) is 11.1 Å². The summed E-state index contributed by atoms with van der Waals surface area (Å²) in [5.41, 5.74) is 2.74. The quantitative estimate of drug-likeness (QED) is 0.630. The molecular weight excluding hydrogens is 320 g/mol. The van der Waals surface area contributed by atoms with Gasteiger partial charge in [0, 0.05) is 16.1 Å². The van der Waals surface area contributed by atoms with E-state index in [4.69, 9.17) is 16.3 Å². The van der Waals surface area contributed by atoms with Crippen molar-refractivity contribution in [2.75, 3.05) is 0 Å². The number of para-hydroxylation sites is 1. The Bertz CT molecular complexity index is 949. The lowest BCUT2D eigenvalue weighted by Gasteiger charge is -2.06. The first-order valence-electron chi connectivity index (χ1n) is 7.55. The number of hydrogen-bond donors (Lipinski definition) is 0. The van der Waals surface area contributed by atoms with E-state index in [1.54, 1.807) is 12.1 Å². The minimum Gasteiger partial charge on any atom is -0.438 e. The van der Waals surface area contributed by atoms with E-state index in [2.05, 4.69) is 9.98 Å². The van der Waals surface area contributed by atoms with Gasteiger partial charge in [-0.1, -0.05) is 54.1 Å². The zero-order valence-corrected chi connectivity index (χ0v) is 13.4. The number of nitrogens with zero attached hydrogens (tertiary/aromatic N) is 2. The van der Waals surface area contributed by atoms with Crippen molar-refractivity contribution in [1.29, 1.82) is 0 Å². The van der Waals surface area contributed by atoms with Crippen molar-refractivity contribution in [1.82, 2.24) is 0 Å². The highest BCUT2D eigenvalue weighted by atomic mass is 35.5. The molecule has 0 spiro atoms. The summed E-state index contributed by atoms with van der Waals surface area (Å²) in [5, 5.41) is 0.623. The molecule has 0 radical (unpaired) electrons. The van der Waals surface area contributed by atoms with E-state index in [1.807, 2.05) is 66.7 Å². The van der Waals surface area contributed by atoms with Gasteiger partial charge in [-0.25, -0.2) is 4.99 Å². The van der Waals surface area contributed by atoms with Crippen molar-refractivity contribution in [3.63, 3.8) is 0 Å². The molecular formula is C20H13ClN2O. The Balaban J connectivity index is 1.74. The summed E-state index contributed by atoms with van der Waals surface area (Å²) in [6, 6.07) is 24.9. The third-order valence-corrected chi connectivity index (χ3v) is 3.84. The second-order valence-corrected chi connectivity index (χ2v) is 5.73. The highest BCUT2D eigenvalue weighted by molar-refractivity contribution is 6.30. The predicted molar refractivity (Wildman–Crippen MR) is 97.7 cm³/mol. The number of amidine groups is 1. The van der Waals surface area contributed by atoms with Crippen LogP contribution >= 0.6 is 11.6 Å². The van der Waals surface area contributed by atoms with Gasteiger partial charge >= 0.3 is 0 Å². The molecule has 4 rings (SSSR count). The van der Waals surface area contributed by atoms with E-state index in [-0.39, 0.29) is 0 Å². The van der Waals surface area contributed by atoms with Gasteiger partial charge in [0.25, 0.3) is 0 Å². The van der Waals surface area contributed by atoms with Crippen LogP contribution in [0.5, 0.6) is 5.75 Å². The SMILES string of the molecule is Clc1cccc(OC2=NC(=Nc3ccccc3)c3ccccc32)c1. The molecule has 0 amide bonds. The van der Waals surface area contributed by atoms with E-state index in [0.717, 1.165) is 16.8 Å². The number of rotatable bonds is 2. The Morgan fingerprint density at radius 1 is 0.792 bits per heavy atom. The lowest BCUT2D eigenvalue weighted by molar-refractivity contribution is 0.555. The summed E-state index contributed by atoms with van der Waals surface area (Å²) >= 11 is 6.02. The first-order chi connectivity index (χ1) is 11.8. The fraction of sp³-hybridized carbons (Fsp3) is 0. The monoisotopic (exact) mass is 332 g/mol. The third-order valence-electron chi connectivity index (χ3n) is 3.61. The van der Waals surface area contributed by atoms with Crippen LogP contribution in [-0.2, 0) is 0 Å². The summed E-state index contributed by atoms with van der Waals surface area (Å²) in [6.45, 7) is 0. The fourth-order valence-corrected chi connectivity index (χ4v) is 2.69. The lowest BCUT2D eigenvalue weighted by atomic mass is 10.1. The fourth-order valence-electron chi connectivity index (χ4n) is 2.51. The van der Waals surface area contributed by atoms with Crippen molar-refractivity contribution in [2.24, 2.45) is 9.98 Å². The molecule has 0 bridgehead atoms. The van der Waals surface area contributed by atoms with Crippen molar-refractivity contribution in [2.45, 2.75) is 0 Å². The lowest BCUT2D eigenvalue weighted by Crippen LogP contribution is -2.07. The normalized spacial score (nSPS) is 14.4. The van der Waals surface area contributed by atoms with Gasteiger partial charge in [-0.05, 0) is 36.4 Å². The molecule has 0 fully saturated rings. The first-order valence-corrected chi connectivity index (χ1v) is 7.93. The Labute approximate surface area is 144 Å². The molecule has 0 saturated carbocycles. The van der Waals surface area contributed by atoms with E-state index in [0.29, 0.717) is 22.5 Å². The van der Waals surface area contributed by atoms with Gasteiger partial charge < -0.3 is 4.74 Å². The number of fused-ring (bicyclic) bond motifs is 1. The van der Waals surface area contributed by atoms with E-state index in [9.17, 15) is 0 Å². The van der Waals surface area contributed by atoms with Gasteiger partial charge in [0.2, 0.25) is 5.90 Å². The van der Waals surface area contributed by atoms with Crippen LogP contribution in [-0.4, -0.2) is 11.7 Å². The highest BCUT2D eigenvalue weighted by Gasteiger charge is 2.23. The molecule has 0 N–H and O–H groups in total. The molecule has 0 unspecified atom stereocenters. The average molecular weight is 333 g/mol. The number of halogens is 1. The van der Waals surface area contributed by atoms with Crippen LogP contribution in [0.25, 0.3) is 0 Å². The van der Waals surface area contributed by atoms with Crippen molar-refractivity contribution < 1.29 is 4.74 Å². The third kappa shape index (κ3) is 2.94. The van der Waals surface area contributed by atoms with Gasteiger partial charge in [-0.15, -0.1) is 0 Å². The van der Waals surface area contributed by atoms with E-state index in [1.165, 1.54) is 0 Å². The van der Waals surface area contributed by atoms with Crippen LogP contribution in [0.3, 0.4) is 0 Å². The van der Waals surface area contributed by atoms with Gasteiger partial charge in [0.15, 0.2) is 5.84 Å². The van der Waals surface area contributed by atoms with E-state index >= 15 is 0 Å². The Morgan fingerprint density at radius 2 is 1.54 bits per heavy atom. The zero-order valence-electron chi connectivity index (χ0n) is 12.7. The minimum absolute atomic E-state index is 0.530. The number of ether oxygens (including phenoxy) is 1. The van der Waals surface area contributed by atoms with Gasteiger partial charge in [-0.2, -0.15) is 4.99 Å². The predicted octanol–water partition coefficient (Wildman–Crippen LogP) is 5.26. The number of aliphatic imine (C=N–C) groups is 2. The van der Waals surface area contributed by atoms with Gasteiger partial charge in [0.1, 0.15) is 5.75 Å². The maximum absolute atomic E-state index is 6.02. The molecule has 0 atom stereocenters. The van der Waals surface area contributed by atoms with Crippen LogP contribution in [0, 0.1) is 0 Å². The summed E-state index contributed by atoms with van der Waals surface area (Å²) in [7, 11) is 0. The molecule has 3 aromatic carbocycles. The molecule has 3 nitrogen and oxygen atoms in total. The van der Waals surface area contributed by atoms with Crippen LogP contribution in [0.2, 0.25) is 5.02 Å².